The third kappa shape index (κ3) is 4.04. The fourth-order valence-electron chi connectivity index (χ4n) is 4.84. The highest BCUT2D eigenvalue weighted by molar-refractivity contribution is 5.88. The van der Waals surface area contributed by atoms with E-state index in [9.17, 15) is 4.79 Å². The molecule has 0 radical (unpaired) electrons. The maximum Gasteiger partial charge on any atom is 0.323 e. The van der Waals surface area contributed by atoms with Crippen LogP contribution in [0.2, 0.25) is 0 Å². The van der Waals surface area contributed by atoms with Crippen molar-refractivity contribution in [2.24, 2.45) is 5.92 Å². The molecule has 1 fully saturated rings. The zero-order chi connectivity index (χ0) is 20.4. The highest BCUT2D eigenvalue weighted by Gasteiger charge is 2.41. The number of ether oxygens (including phenoxy) is 1. The molecule has 6 heteroatoms. The van der Waals surface area contributed by atoms with Gasteiger partial charge in [0.1, 0.15) is 5.82 Å². The minimum atomic E-state index is -0.237. The number of carbonyl (C=O) groups is 1. The smallest absolute Gasteiger partial charge is 0.323 e. The number of hydrogen-bond acceptors (Lipinski definition) is 3. The van der Waals surface area contributed by atoms with Crippen LogP contribution in [0, 0.1) is 5.92 Å². The van der Waals surface area contributed by atoms with E-state index in [0.29, 0.717) is 19.0 Å². The van der Waals surface area contributed by atoms with Gasteiger partial charge in [0.2, 0.25) is 0 Å². The van der Waals surface area contributed by atoms with E-state index in [1.165, 1.54) is 11.1 Å². The van der Waals surface area contributed by atoms with Crippen molar-refractivity contribution in [3.05, 3.63) is 47.7 Å². The Kier molecular flexibility index (Phi) is 5.63. The van der Waals surface area contributed by atoms with Crippen LogP contribution >= 0.6 is 0 Å². The molecule has 156 valence electrons. The van der Waals surface area contributed by atoms with Crippen LogP contribution in [-0.2, 0) is 16.8 Å². The number of urea groups is 1. The van der Waals surface area contributed by atoms with Gasteiger partial charge in [0.25, 0.3) is 0 Å². The lowest BCUT2D eigenvalue weighted by Gasteiger charge is -2.45. The van der Waals surface area contributed by atoms with E-state index in [1.807, 2.05) is 15.6 Å². The summed E-state index contributed by atoms with van der Waals surface area (Å²) in [6.07, 6.45) is 5.42. The van der Waals surface area contributed by atoms with Gasteiger partial charge >= 0.3 is 6.03 Å². The average molecular weight is 397 g/mol. The van der Waals surface area contributed by atoms with Crippen molar-refractivity contribution in [2.75, 3.05) is 25.0 Å². The van der Waals surface area contributed by atoms with E-state index >= 15 is 0 Å². The topological polar surface area (TPSA) is 59.4 Å². The number of aromatic nitrogens is 2. The number of piperidine rings is 1. The lowest BCUT2D eigenvalue weighted by Crippen LogP contribution is -2.49. The number of benzene rings is 1. The molecule has 1 aromatic carbocycles. The first-order chi connectivity index (χ1) is 14.0. The van der Waals surface area contributed by atoms with Gasteiger partial charge in [-0.1, -0.05) is 38.1 Å². The first kappa shape index (κ1) is 20.0. The van der Waals surface area contributed by atoms with Crippen LogP contribution in [0.25, 0.3) is 0 Å². The lowest BCUT2D eigenvalue weighted by molar-refractivity contribution is -0.0921. The molecule has 1 unspecified atom stereocenters. The van der Waals surface area contributed by atoms with Gasteiger partial charge in [-0.05, 0) is 49.7 Å². The molecule has 1 N–H and O–H groups in total. The number of likely N-dealkylation sites (tertiary alicyclic amines) is 1. The molecular formula is C23H32N4O2. The van der Waals surface area contributed by atoms with Crippen LogP contribution in [0.15, 0.2) is 36.5 Å². The Balaban J connectivity index is 1.41. The molecule has 29 heavy (non-hydrogen) atoms. The highest BCUT2D eigenvalue weighted by atomic mass is 16.5. The highest BCUT2D eigenvalue weighted by Crippen LogP contribution is 2.41. The first-order valence-corrected chi connectivity index (χ1v) is 10.8. The van der Waals surface area contributed by atoms with Crippen LogP contribution in [-0.4, -0.2) is 40.4 Å². The van der Waals surface area contributed by atoms with Crippen LogP contribution in [0.1, 0.15) is 57.2 Å². The number of amides is 2. The Morgan fingerprint density at radius 3 is 2.72 bits per heavy atom. The maximum absolute atomic E-state index is 12.9. The summed E-state index contributed by atoms with van der Waals surface area (Å²) in [5.41, 5.74) is 2.46. The van der Waals surface area contributed by atoms with Gasteiger partial charge < -0.3 is 9.64 Å². The SMILES string of the molecule is CC(C)CC(C)n1nccc1NC(=O)N1CCC2(CC1)OCCc1ccccc12. The summed E-state index contributed by atoms with van der Waals surface area (Å²) >= 11 is 0. The summed E-state index contributed by atoms with van der Waals surface area (Å²) in [6.45, 7) is 8.69. The zero-order valence-corrected chi connectivity index (χ0v) is 17.7. The van der Waals surface area contributed by atoms with Crippen molar-refractivity contribution in [3.8, 4) is 0 Å². The molecule has 0 saturated carbocycles. The molecule has 1 atom stereocenters. The van der Waals surface area contributed by atoms with Gasteiger partial charge in [-0.25, -0.2) is 9.48 Å². The predicted molar refractivity (Wildman–Crippen MR) is 114 cm³/mol. The number of nitrogens with zero attached hydrogens (tertiary/aromatic N) is 3. The Bertz CT molecular complexity index is 852. The van der Waals surface area contributed by atoms with E-state index < -0.39 is 0 Å². The lowest BCUT2D eigenvalue weighted by atomic mass is 9.79. The molecule has 1 aromatic heterocycles. The number of rotatable bonds is 4. The molecule has 2 aromatic rings. The molecule has 1 spiro atoms. The Labute approximate surface area is 173 Å². The average Bonchev–Trinajstić information content (AvgIpc) is 3.17. The number of fused-ring (bicyclic) bond motifs is 2. The Morgan fingerprint density at radius 1 is 1.21 bits per heavy atom. The summed E-state index contributed by atoms with van der Waals surface area (Å²) in [6, 6.07) is 10.7. The van der Waals surface area contributed by atoms with Crippen LogP contribution in [0.3, 0.4) is 0 Å². The summed E-state index contributed by atoms with van der Waals surface area (Å²) in [7, 11) is 0. The van der Waals surface area contributed by atoms with Crippen molar-refractivity contribution < 1.29 is 9.53 Å². The van der Waals surface area contributed by atoms with Crippen molar-refractivity contribution in [3.63, 3.8) is 0 Å². The van der Waals surface area contributed by atoms with E-state index in [0.717, 1.165) is 38.1 Å². The summed E-state index contributed by atoms with van der Waals surface area (Å²) in [5, 5.41) is 7.50. The molecule has 6 nitrogen and oxygen atoms in total. The third-order valence-electron chi connectivity index (χ3n) is 6.25. The summed E-state index contributed by atoms with van der Waals surface area (Å²) in [4.78, 5) is 14.8. The summed E-state index contributed by atoms with van der Waals surface area (Å²) in [5.74, 6) is 1.34. The molecule has 2 aliphatic heterocycles. The van der Waals surface area contributed by atoms with Gasteiger partial charge in [-0.2, -0.15) is 5.10 Å². The monoisotopic (exact) mass is 396 g/mol. The minimum absolute atomic E-state index is 0.0533. The molecule has 0 aliphatic carbocycles. The molecule has 0 bridgehead atoms. The number of nitrogens with one attached hydrogen (secondary N) is 1. The molecular weight excluding hydrogens is 364 g/mol. The van der Waals surface area contributed by atoms with Crippen molar-refractivity contribution >= 4 is 11.8 Å². The first-order valence-electron chi connectivity index (χ1n) is 10.8. The fourth-order valence-corrected chi connectivity index (χ4v) is 4.84. The number of hydrogen-bond donors (Lipinski definition) is 1. The van der Waals surface area contributed by atoms with Gasteiger partial charge in [-0.3, -0.25) is 5.32 Å². The fraction of sp³-hybridized carbons (Fsp3) is 0.565. The minimum Gasteiger partial charge on any atom is -0.370 e. The largest absolute Gasteiger partial charge is 0.370 e. The molecule has 3 heterocycles. The van der Waals surface area contributed by atoms with Crippen LogP contribution in [0.5, 0.6) is 0 Å². The van der Waals surface area contributed by atoms with E-state index in [2.05, 4.69) is 55.5 Å². The Morgan fingerprint density at radius 2 is 1.97 bits per heavy atom. The normalized spacial score (nSPS) is 19.2. The van der Waals surface area contributed by atoms with E-state index in [-0.39, 0.29) is 17.7 Å². The number of carbonyl (C=O) groups excluding carboxylic acids is 1. The predicted octanol–water partition coefficient (Wildman–Crippen LogP) is 4.59. The molecule has 4 rings (SSSR count). The molecule has 2 aliphatic rings. The van der Waals surface area contributed by atoms with E-state index in [4.69, 9.17) is 4.74 Å². The maximum atomic E-state index is 12.9. The third-order valence-corrected chi connectivity index (χ3v) is 6.25. The second-order valence-electron chi connectivity index (χ2n) is 8.81. The second-order valence-corrected chi connectivity index (χ2v) is 8.81. The Hall–Kier alpha value is -2.34. The zero-order valence-electron chi connectivity index (χ0n) is 17.7. The van der Waals surface area contributed by atoms with Crippen molar-refractivity contribution in [1.29, 1.82) is 0 Å². The standard InChI is InChI=1S/C23H32N4O2/c1-17(2)16-18(3)27-21(8-12-24-27)25-22(28)26-13-10-23(11-14-26)20-7-5-4-6-19(20)9-15-29-23/h4-8,12,17-18H,9-11,13-16H2,1-3H3,(H,25,28). The van der Waals surface area contributed by atoms with Gasteiger partial charge in [-0.15, -0.1) is 0 Å². The summed E-state index contributed by atoms with van der Waals surface area (Å²) < 4.78 is 8.20. The van der Waals surface area contributed by atoms with Gasteiger partial charge in [0.05, 0.1) is 24.4 Å². The molecule has 1 saturated heterocycles. The quantitative estimate of drug-likeness (QED) is 0.822. The second kappa shape index (κ2) is 8.19. The molecule has 2 amide bonds. The van der Waals surface area contributed by atoms with E-state index in [1.54, 1.807) is 6.20 Å². The van der Waals surface area contributed by atoms with Gasteiger partial charge in [0, 0.05) is 19.2 Å². The number of anilines is 1. The van der Waals surface area contributed by atoms with Crippen molar-refractivity contribution in [2.45, 2.75) is 58.1 Å². The van der Waals surface area contributed by atoms with Crippen LogP contribution < -0.4 is 5.32 Å². The van der Waals surface area contributed by atoms with Crippen LogP contribution in [0.4, 0.5) is 10.6 Å². The van der Waals surface area contributed by atoms with Gasteiger partial charge in [0.15, 0.2) is 0 Å². The van der Waals surface area contributed by atoms with Crippen molar-refractivity contribution in [1.82, 2.24) is 14.7 Å².